The maximum atomic E-state index is 12.1. The molecule has 20 heavy (non-hydrogen) atoms. The molecule has 0 aliphatic rings. The third kappa shape index (κ3) is 3.45. The van der Waals surface area contributed by atoms with E-state index in [0.29, 0.717) is 5.76 Å². The van der Waals surface area contributed by atoms with Gasteiger partial charge in [-0.1, -0.05) is 17.3 Å². The third-order valence-electron chi connectivity index (χ3n) is 3.11. The van der Waals surface area contributed by atoms with Crippen molar-refractivity contribution >= 4 is 11.6 Å². The van der Waals surface area contributed by atoms with Crippen molar-refractivity contribution in [2.75, 3.05) is 12.4 Å². The van der Waals surface area contributed by atoms with Gasteiger partial charge in [-0.3, -0.25) is 4.79 Å². The first-order valence-electron chi connectivity index (χ1n) is 6.55. The summed E-state index contributed by atoms with van der Waals surface area (Å²) in [6.07, 6.45) is 0.275. The molecule has 0 saturated heterocycles. The van der Waals surface area contributed by atoms with Crippen molar-refractivity contribution in [1.82, 2.24) is 10.5 Å². The van der Waals surface area contributed by atoms with Crippen molar-refractivity contribution in [2.45, 2.75) is 26.8 Å². The molecule has 5 heteroatoms. The van der Waals surface area contributed by atoms with Crippen molar-refractivity contribution in [3.63, 3.8) is 0 Å². The summed E-state index contributed by atoms with van der Waals surface area (Å²) >= 11 is 0. The van der Waals surface area contributed by atoms with Crippen LogP contribution >= 0.6 is 0 Å². The maximum absolute atomic E-state index is 12.1. The van der Waals surface area contributed by atoms with Crippen LogP contribution in [0.4, 0.5) is 5.69 Å². The van der Waals surface area contributed by atoms with E-state index in [-0.39, 0.29) is 12.3 Å². The zero-order valence-corrected chi connectivity index (χ0v) is 12.0. The predicted octanol–water partition coefficient (Wildman–Crippen LogP) is 2.19. The SMILES string of the molecule is CNCc1cccc(NC(=O)Cc2c(C)noc2C)c1. The average molecular weight is 273 g/mol. The van der Waals surface area contributed by atoms with E-state index in [1.165, 1.54) is 0 Å². The summed E-state index contributed by atoms with van der Waals surface area (Å²) in [6, 6.07) is 7.78. The lowest BCUT2D eigenvalue weighted by Gasteiger charge is -2.07. The number of amides is 1. The Morgan fingerprint density at radius 1 is 1.35 bits per heavy atom. The van der Waals surface area contributed by atoms with E-state index in [1.54, 1.807) is 0 Å². The smallest absolute Gasteiger partial charge is 0.228 e. The standard InChI is InChI=1S/C15H19N3O2/c1-10-14(11(2)20-18-10)8-15(19)17-13-6-4-5-12(7-13)9-16-3/h4-7,16H,8-9H2,1-3H3,(H,17,19). The first kappa shape index (κ1) is 14.3. The van der Waals surface area contributed by atoms with Gasteiger partial charge in [0.25, 0.3) is 0 Å². The molecule has 0 bridgehead atoms. The van der Waals surface area contributed by atoms with Crippen LogP contribution < -0.4 is 10.6 Å². The van der Waals surface area contributed by atoms with Crippen LogP contribution in [0.3, 0.4) is 0 Å². The van der Waals surface area contributed by atoms with Crippen molar-refractivity contribution in [1.29, 1.82) is 0 Å². The van der Waals surface area contributed by atoms with Crippen LogP contribution in [0.15, 0.2) is 28.8 Å². The summed E-state index contributed by atoms with van der Waals surface area (Å²) in [7, 11) is 1.89. The van der Waals surface area contributed by atoms with E-state index >= 15 is 0 Å². The molecule has 0 unspecified atom stereocenters. The number of rotatable bonds is 5. The Morgan fingerprint density at radius 3 is 2.80 bits per heavy atom. The second-order valence-electron chi connectivity index (χ2n) is 4.76. The van der Waals surface area contributed by atoms with E-state index in [0.717, 1.165) is 29.1 Å². The van der Waals surface area contributed by atoms with Gasteiger partial charge in [-0.15, -0.1) is 0 Å². The molecule has 2 rings (SSSR count). The lowest BCUT2D eigenvalue weighted by Crippen LogP contribution is -2.15. The minimum Gasteiger partial charge on any atom is -0.361 e. The first-order chi connectivity index (χ1) is 9.60. The normalized spacial score (nSPS) is 10.6. The Bertz CT molecular complexity index is 585. The Morgan fingerprint density at radius 2 is 2.15 bits per heavy atom. The van der Waals surface area contributed by atoms with Crippen molar-refractivity contribution in [2.24, 2.45) is 0 Å². The summed E-state index contributed by atoms with van der Waals surface area (Å²) in [5.41, 5.74) is 3.55. The lowest BCUT2D eigenvalue weighted by atomic mass is 10.1. The zero-order valence-electron chi connectivity index (χ0n) is 12.0. The minimum atomic E-state index is -0.0685. The number of carbonyl (C=O) groups excluding carboxylic acids is 1. The van der Waals surface area contributed by atoms with Crippen LogP contribution in [-0.2, 0) is 17.8 Å². The molecule has 1 heterocycles. The third-order valence-corrected chi connectivity index (χ3v) is 3.11. The number of aryl methyl sites for hydroxylation is 2. The Labute approximate surface area is 118 Å². The van der Waals surface area contributed by atoms with E-state index < -0.39 is 0 Å². The highest BCUT2D eigenvalue weighted by atomic mass is 16.5. The van der Waals surface area contributed by atoms with Gasteiger partial charge in [-0.25, -0.2) is 0 Å². The van der Waals surface area contributed by atoms with Gasteiger partial charge < -0.3 is 15.2 Å². The molecule has 5 nitrogen and oxygen atoms in total. The van der Waals surface area contributed by atoms with E-state index in [4.69, 9.17) is 4.52 Å². The van der Waals surface area contributed by atoms with Gasteiger partial charge >= 0.3 is 0 Å². The molecule has 0 aliphatic carbocycles. The number of hydrogen-bond donors (Lipinski definition) is 2. The fraction of sp³-hybridized carbons (Fsp3) is 0.333. The molecule has 1 aromatic carbocycles. The summed E-state index contributed by atoms with van der Waals surface area (Å²) in [5.74, 6) is 0.627. The van der Waals surface area contributed by atoms with Crippen LogP contribution in [0.25, 0.3) is 0 Å². The number of anilines is 1. The largest absolute Gasteiger partial charge is 0.361 e. The zero-order chi connectivity index (χ0) is 14.5. The van der Waals surface area contributed by atoms with E-state index in [2.05, 4.69) is 15.8 Å². The summed E-state index contributed by atoms with van der Waals surface area (Å²) < 4.78 is 5.06. The van der Waals surface area contributed by atoms with Crippen LogP contribution in [0.5, 0.6) is 0 Å². The molecule has 0 spiro atoms. The fourth-order valence-corrected chi connectivity index (χ4v) is 2.08. The highest BCUT2D eigenvalue weighted by Gasteiger charge is 2.13. The molecule has 0 saturated carbocycles. The second-order valence-corrected chi connectivity index (χ2v) is 4.76. The van der Waals surface area contributed by atoms with Crippen LogP contribution in [0, 0.1) is 13.8 Å². The van der Waals surface area contributed by atoms with E-state index in [1.807, 2.05) is 45.2 Å². The highest BCUT2D eigenvalue weighted by Crippen LogP contribution is 2.15. The van der Waals surface area contributed by atoms with E-state index in [9.17, 15) is 4.79 Å². The average Bonchev–Trinajstić information content (AvgIpc) is 2.71. The van der Waals surface area contributed by atoms with Crippen molar-refractivity contribution in [3.8, 4) is 0 Å². The number of hydrogen-bond acceptors (Lipinski definition) is 4. The van der Waals surface area contributed by atoms with Gasteiger partial charge in [0.2, 0.25) is 5.91 Å². The first-order valence-corrected chi connectivity index (χ1v) is 6.55. The Balaban J connectivity index is 2.03. The topological polar surface area (TPSA) is 67.2 Å². The molecule has 1 amide bonds. The van der Waals surface area contributed by atoms with Crippen molar-refractivity contribution < 1.29 is 9.32 Å². The maximum Gasteiger partial charge on any atom is 0.228 e. The van der Waals surface area contributed by atoms with Gasteiger partial charge in [0.1, 0.15) is 5.76 Å². The molecule has 0 radical (unpaired) electrons. The Hall–Kier alpha value is -2.14. The van der Waals surface area contributed by atoms with Gasteiger partial charge in [0.05, 0.1) is 12.1 Å². The number of nitrogens with zero attached hydrogens (tertiary/aromatic N) is 1. The molecule has 1 aromatic heterocycles. The van der Waals surface area contributed by atoms with Gasteiger partial charge in [0.15, 0.2) is 0 Å². The summed E-state index contributed by atoms with van der Waals surface area (Å²) in [4.78, 5) is 12.1. The lowest BCUT2D eigenvalue weighted by molar-refractivity contribution is -0.115. The van der Waals surface area contributed by atoms with Gasteiger partial charge in [-0.05, 0) is 38.6 Å². The molecule has 2 N–H and O–H groups in total. The van der Waals surface area contributed by atoms with Gasteiger partial charge in [-0.2, -0.15) is 0 Å². The minimum absolute atomic E-state index is 0.0685. The van der Waals surface area contributed by atoms with Crippen molar-refractivity contribution in [3.05, 3.63) is 46.8 Å². The number of carbonyl (C=O) groups is 1. The van der Waals surface area contributed by atoms with Crippen LogP contribution in [0.2, 0.25) is 0 Å². The molecule has 0 aliphatic heterocycles. The van der Waals surface area contributed by atoms with Crippen LogP contribution in [-0.4, -0.2) is 18.1 Å². The molecular formula is C15H19N3O2. The number of aromatic nitrogens is 1. The Kier molecular flexibility index (Phi) is 4.53. The fourth-order valence-electron chi connectivity index (χ4n) is 2.08. The quantitative estimate of drug-likeness (QED) is 0.876. The summed E-state index contributed by atoms with van der Waals surface area (Å²) in [5, 5.41) is 9.83. The molecule has 2 aromatic rings. The summed E-state index contributed by atoms with van der Waals surface area (Å²) in [6.45, 7) is 4.43. The van der Waals surface area contributed by atoms with Crippen LogP contribution in [0.1, 0.15) is 22.6 Å². The van der Waals surface area contributed by atoms with Gasteiger partial charge in [0, 0.05) is 17.8 Å². The number of benzene rings is 1. The number of nitrogens with one attached hydrogen (secondary N) is 2. The molecule has 0 atom stereocenters. The molecule has 0 fully saturated rings. The molecular weight excluding hydrogens is 254 g/mol. The highest BCUT2D eigenvalue weighted by molar-refractivity contribution is 5.92. The monoisotopic (exact) mass is 273 g/mol. The molecule has 106 valence electrons. The second kappa shape index (κ2) is 6.34. The predicted molar refractivity (Wildman–Crippen MR) is 77.5 cm³/mol.